The van der Waals surface area contributed by atoms with Crippen molar-refractivity contribution in [3.63, 3.8) is 0 Å². The summed E-state index contributed by atoms with van der Waals surface area (Å²) < 4.78 is 0. The van der Waals surface area contributed by atoms with E-state index in [9.17, 15) is 28.8 Å². The van der Waals surface area contributed by atoms with Crippen molar-refractivity contribution in [3.8, 4) is 0 Å². The van der Waals surface area contributed by atoms with Crippen LogP contribution in [0.1, 0.15) is 91.0 Å². The monoisotopic (exact) mass is 781 g/mol. The molecule has 2 aromatic rings. The van der Waals surface area contributed by atoms with E-state index in [2.05, 4.69) is 15.6 Å². The van der Waals surface area contributed by atoms with Crippen molar-refractivity contribution in [3.05, 3.63) is 52.5 Å². The number of carbonyl (C=O) groups is 6. The third-order valence-corrected chi connectivity index (χ3v) is 11.0. The van der Waals surface area contributed by atoms with Crippen LogP contribution >= 0.6 is 11.3 Å². The van der Waals surface area contributed by atoms with Gasteiger partial charge in [0.1, 0.15) is 30.2 Å². The molecule has 0 saturated carbocycles. The van der Waals surface area contributed by atoms with E-state index < -0.39 is 42.0 Å². The molecule has 14 heteroatoms. The zero-order valence-corrected chi connectivity index (χ0v) is 35.2. The van der Waals surface area contributed by atoms with Crippen molar-refractivity contribution >= 4 is 46.8 Å². The molecule has 0 radical (unpaired) electrons. The molecule has 0 aliphatic carbocycles. The summed E-state index contributed by atoms with van der Waals surface area (Å²) in [4.78, 5) is 94.4. The van der Waals surface area contributed by atoms with Crippen molar-refractivity contribution < 1.29 is 28.8 Å². The van der Waals surface area contributed by atoms with Gasteiger partial charge in [0.05, 0.1) is 12.1 Å². The van der Waals surface area contributed by atoms with E-state index in [4.69, 9.17) is 0 Å². The number of likely N-dealkylation sites (tertiary alicyclic amines) is 1. The Morgan fingerprint density at radius 3 is 2.15 bits per heavy atom. The van der Waals surface area contributed by atoms with Crippen LogP contribution in [-0.2, 0) is 41.7 Å². The van der Waals surface area contributed by atoms with Crippen molar-refractivity contribution in [1.29, 1.82) is 0 Å². The predicted molar refractivity (Wildman–Crippen MR) is 214 cm³/mol. The van der Waals surface area contributed by atoms with Crippen molar-refractivity contribution in [1.82, 2.24) is 35.2 Å². The molecule has 1 saturated heterocycles. The van der Waals surface area contributed by atoms with Gasteiger partial charge >= 0.3 is 0 Å². The first kappa shape index (κ1) is 45.1. The lowest BCUT2D eigenvalue weighted by Gasteiger charge is -2.37. The van der Waals surface area contributed by atoms with Gasteiger partial charge in [-0.2, -0.15) is 0 Å². The van der Waals surface area contributed by atoms with Gasteiger partial charge in [-0.05, 0) is 49.0 Å². The van der Waals surface area contributed by atoms with Gasteiger partial charge < -0.3 is 30.2 Å². The quantitative estimate of drug-likeness (QED) is 0.218. The second-order valence-electron chi connectivity index (χ2n) is 15.9. The highest BCUT2D eigenvalue weighted by Crippen LogP contribution is 2.25. The van der Waals surface area contributed by atoms with Gasteiger partial charge in [0.2, 0.25) is 35.4 Å². The Morgan fingerprint density at radius 1 is 0.909 bits per heavy atom. The Labute approximate surface area is 331 Å². The number of hydrogen-bond donors (Lipinski definition) is 2. The Bertz CT molecular complexity index is 1580. The molecule has 1 aliphatic rings. The maximum Gasteiger partial charge on any atom is 0.246 e. The number of benzene rings is 1. The number of carbonyl (C=O) groups excluding carboxylic acids is 6. The van der Waals surface area contributed by atoms with Crippen LogP contribution in [0.2, 0.25) is 0 Å². The largest absolute Gasteiger partial charge is 0.342 e. The first-order chi connectivity index (χ1) is 26.0. The SMILES string of the molecule is CCCC(=O)N(C)[C@H](C(=O)N1CCC[C@H]1C(=O)N(C)[C@@H](Cc1ccccc1)C(=O)N[C@@H](CC(C)C)C(=O)N[C@H](C(=O)N(C)Cc1cncs1)C(C)C)C(C)C. The van der Waals surface area contributed by atoms with E-state index in [1.807, 2.05) is 78.8 Å². The summed E-state index contributed by atoms with van der Waals surface area (Å²) in [5.41, 5.74) is 2.52. The molecule has 0 bridgehead atoms. The van der Waals surface area contributed by atoms with Crippen LogP contribution in [-0.4, -0.2) is 118 Å². The smallest absolute Gasteiger partial charge is 0.246 e. The first-order valence-electron chi connectivity index (χ1n) is 19.6. The topological polar surface area (TPSA) is 152 Å². The van der Waals surface area contributed by atoms with Gasteiger partial charge in [0.15, 0.2) is 0 Å². The van der Waals surface area contributed by atoms with E-state index >= 15 is 0 Å². The summed E-state index contributed by atoms with van der Waals surface area (Å²) in [7, 11) is 4.89. The van der Waals surface area contributed by atoms with Gasteiger partial charge in [0, 0.05) is 51.6 Å². The average Bonchev–Trinajstić information content (AvgIpc) is 3.84. The van der Waals surface area contributed by atoms with Crippen LogP contribution in [0.15, 0.2) is 42.0 Å². The normalized spacial score (nSPS) is 16.4. The molecule has 1 fully saturated rings. The third kappa shape index (κ3) is 12.3. The maximum atomic E-state index is 14.4. The Morgan fingerprint density at radius 2 is 1.58 bits per heavy atom. The van der Waals surface area contributed by atoms with E-state index in [-0.39, 0.29) is 47.8 Å². The third-order valence-electron chi connectivity index (χ3n) is 10.2. The molecule has 0 spiro atoms. The molecule has 2 heterocycles. The van der Waals surface area contributed by atoms with Crippen LogP contribution in [0.3, 0.4) is 0 Å². The highest BCUT2D eigenvalue weighted by atomic mass is 32.1. The number of rotatable bonds is 19. The molecule has 3 rings (SSSR count). The lowest BCUT2D eigenvalue weighted by molar-refractivity contribution is -0.152. The maximum absolute atomic E-state index is 14.4. The molecule has 5 atom stereocenters. The Balaban J connectivity index is 1.88. The summed E-state index contributed by atoms with van der Waals surface area (Å²) in [6, 6.07) is 4.96. The van der Waals surface area contributed by atoms with E-state index in [0.29, 0.717) is 45.2 Å². The molecule has 6 amide bonds. The molecule has 1 aromatic heterocycles. The lowest BCUT2D eigenvalue weighted by Crippen LogP contribution is -2.60. The van der Waals surface area contributed by atoms with E-state index in [1.54, 1.807) is 42.7 Å². The molecule has 304 valence electrons. The molecule has 1 aliphatic heterocycles. The molecule has 0 unspecified atom stereocenters. The van der Waals surface area contributed by atoms with Crippen molar-refractivity contribution in [2.45, 2.75) is 124 Å². The molecule has 55 heavy (non-hydrogen) atoms. The fraction of sp³-hybridized carbons (Fsp3) is 0.634. The van der Waals surface area contributed by atoms with Gasteiger partial charge in [0.25, 0.3) is 0 Å². The molecule has 1 aromatic carbocycles. The lowest BCUT2D eigenvalue weighted by atomic mass is 9.98. The number of amides is 6. The van der Waals surface area contributed by atoms with E-state index in [1.165, 1.54) is 21.1 Å². The van der Waals surface area contributed by atoms with Gasteiger partial charge in [-0.3, -0.25) is 33.8 Å². The predicted octanol–water partition coefficient (Wildman–Crippen LogP) is 4.12. The van der Waals surface area contributed by atoms with Crippen LogP contribution < -0.4 is 10.6 Å². The Kier molecular flexibility index (Phi) is 17.3. The molecular formula is C41H63N7O6S. The van der Waals surface area contributed by atoms with Crippen LogP contribution in [0.25, 0.3) is 0 Å². The fourth-order valence-electron chi connectivity index (χ4n) is 7.14. The van der Waals surface area contributed by atoms with Crippen LogP contribution in [0.5, 0.6) is 0 Å². The van der Waals surface area contributed by atoms with Gasteiger partial charge in [-0.25, -0.2) is 0 Å². The number of likely N-dealkylation sites (N-methyl/N-ethyl adjacent to an activating group) is 3. The number of nitrogens with one attached hydrogen (secondary N) is 2. The summed E-state index contributed by atoms with van der Waals surface area (Å²) >= 11 is 1.44. The Hall–Kier alpha value is -4.33. The summed E-state index contributed by atoms with van der Waals surface area (Å²) in [5.74, 6) is -2.45. The number of thiazole rings is 1. The zero-order chi connectivity index (χ0) is 41.0. The minimum atomic E-state index is -1.02. The molecular weight excluding hydrogens is 719 g/mol. The highest BCUT2D eigenvalue weighted by Gasteiger charge is 2.43. The van der Waals surface area contributed by atoms with E-state index in [0.717, 1.165) is 10.4 Å². The van der Waals surface area contributed by atoms with Crippen molar-refractivity contribution in [2.75, 3.05) is 27.7 Å². The number of aromatic nitrogens is 1. The second kappa shape index (κ2) is 21.1. The highest BCUT2D eigenvalue weighted by molar-refractivity contribution is 7.09. The van der Waals surface area contributed by atoms with Crippen molar-refractivity contribution in [2.24, 2.45) is 17.8 Å². The second-order valence-corrected chi connectivity index (χ2v) is 16.8. The van der Waals surface area contributed by atoms with Crippen LogP contribution in [0, 0.1) is 17.8 Å². The van der Waals surface area contributed by atoms with Crippen LogP contribution in [0.4, 0.5) is 0 Å². The summed E-state index contributed by atoms with van der Waals surface area (Å²) in [6.07, 6.45) is 4.19. The average molecular weight is 782 g/mol. The molecule has 13 nitrogen and oxygen atoms in total. The summed E-state index contributed by atoms with van der Waals surface area (Å²) in [5, 5.41) is 5.87. The molecule has 2 N–H and O–H groups in total. The summed E-state index contributed by atoms with van der Waals surface area (Å²) in [6.45, 7) is 14.0. The minimum absolute atomic E-state index is 0.0134. The standard InChI is InChI=1S/C41H63N7O6S/c1-11-16-34(49)47(10)36(28(6)7)41(54)48-20-15-19-32(48)39(52)46(9)33(22-29-17-13-12-14-18-29)38(51)43-31(21-26(2)3)37(50)44-35(27(4)5)40(53)45(8)24-30-23-42-25-55-30/h12-14,17-18,23,25-28,31-33,35-36H,11,15-16,19-22,24H2,1-10H3,(H,43,51)(H,44,50)/t31-,32-,33-,35-,36-/m0/s1. The minimum Gasteiger partial charge on any atom is -0.342 e. The fourth-order valence-corrected chi connectivity index (χ4v) is 7.79. The zero-order valence-electron chi connectivity index (χ0n) is 34.4. The number of nitrogens with zero attached hydrogens (tertiary/aromatic N) is 5. The van der Waals surface area contributed by atoms with Gasteiger partial charge in [-0.1, -0.05) is 78.8 Å². The number of hydrogen-bond acceptors (Lipinski definition) is 8. The van der Waals surface area contributed by atoms with Gasteiger partial charge in [-0.15, -0.1) is 11.3 Å². The first-order valence-corrected chi connectivity index (χ1v) is 20.5.